The van der Waals surface area contributed by atoms with Crippen molar-refractivity contribution < 1.29 is 14.3 Å². The van der Waals surface area contributed by atoms with Crippen molar-refractivity contribution in [2.24, 2.45) is 5.41 Å². The molecule has 23 heavy (non-hydrogen) atoms. The zero-order valence-corrected chi connectivity index (χ0v) is 15.8. The number of rotatable bonds is 6. The summed E-state index contributed by atoms with van der Waals surface area (Å²) < 4.78 is 11.9. The van der Waals surface area contributed by atoms with E-state index in [0.29, 0.717) is 30.3 Å². The lowest BCUT2D eigenvalue weighted by atomic mass is 9.86. The van der Waals surface area contributed by atoms with Crippen LogP contribution < -0.4 is 9.47 Å². The number of nitriles is 1. The van der Waals surface area contributed by atoms with Crippen LogP contribution in [0.15, 0.2) is 22.2 Å². The van der Waals surface area contributed by atoms with Crippen LogP contribution in [0.5, 0.6) is 11.5 Å². The molecule has 0 bridgehead atoms. The lowest BCUT2D eigenvalue weighted by molar-refractivity contribution is -0.121. The highest BCUT2D eigenvalue weighted by molar-refractivity contribution is 9.10. The first kappa shape index (κ1) is 19.2. The highest BCUT2D eigenvalue weighted by Crippen LogP contribution is 2.37. The lowest BCUT2D eigenvalue weighted by Gasteiger charge is -2.16. The van der Waals surface area contributed by atoms with E-state index in [1.165, 1.54) is 0 Å². The molecule has 5 heteroatoms. The molecule has 0 unspecified atom stereocenters. The summed E-state index contributed by atoms with van der Waals surface area (Å²) in [6, 6.07) is 5.57. The first-order chi connectivity index (χ1) is 10.7. The minimum atomic E-state index is -0.604. The number of hydrogen-bond donors (Lipinski definition) is 0. The fourth-order valence-corrected chi connectivity index (χ4v) is 2.51. The maximum atomic E-state index is 12.3. The standard InChI is InChI=1S/C18H22BrNO3/c1-6-22-15-10-12(9-14(19)16(15)23-7-2)8-13(11-20)17(21)18(3,4)5/h8-10H,6-7H2,1-5H3/b13-8+. The molecule has 1 aromatic carbocycles. The van der Waals surface area contributed by atoms with Gasteiger partial charge in [-0.05, 0) is 53.5 Å². The van der Waals surface area contributed by atoms with Gasteiger partial charge in [0.1, 0.15) is 6.07 Å². The van der Waals surface area contributed by atoms with Gasteiger partial charge in [-0.3, -0.25) is 4.79 Å². The molecule has 0 aliphatic heterocycles. The van der Waals surface area contributed by atoms with E-state index in [4.69, 9.17) is 9.47 Å². The molecule has 0 spiro atoms. The summed E-state index contributed by atoms with van der Waals surface area (Å²) in [7, 11) is 0. The molecule has 0 atom stereocenters. The van der Waals surface area contributed by atoms with E-state index in [0.717, 1.165) is 4.47 Å². The number of benzene rings is 1. The third kappa shape index (κ3) is 5.11. The van der Waals surface area contributed by atoms with Crippen molar-refractivity contribution >= 4 is 27.8 Å². The molecule has 0 aliphatic rings. The molecule has 0 aliphatic carbocycles. The zero-order valence-electron chi connectivity index (χ0n) is 14.2. The highest BCUT2D eigenvalue weighted by atomic mass is 79.9. The van der Waals surface area contributed by atoms with E-state index in [1.54, 1.807) is 39.0 Å². The first-order valence-electron chi connectivity index (χ1n) is 7.50. The molecular weight excluding hydrogens is 358 g/mol. The van der Waals surface area contributed by atoms with Crippen molar-refractivity contribution in [3.05, 3.63) is 27.7 Å². The molecule has 4 nitrogen and oxygen atoms in total. The Morgan fingerprint density at radius 2 is 1.87 bits per heavy atom. The van der Waals surface area contributed by atoms with Gasteiger partial charge in [-0.15, -0.1) is 0 Å². The number of Topliss-reactive ketones (excluding diaryl/α,β-unsaturated/α-hetero) is 1. The van der Waals surface area contributed by atoms with Gasteiger partial charge in [0.25, 0.3) is 0 Å². The van der Waals surface area contributed by atoms with Gasteiger partial charge in [0.15, 0.2) is 17.3 Å². The summed E-state index contributed by atoms with van der Waals surface area (Å²) in [5.74, 6) is 1.01. The SMILES string of the molecule is CCOc1cc(/C=C(\C#N)C(=O)C(C)(C)C)cc(Br)c1OCC. The number of allylic oxidation sites excluding steroid dienone is 1. The Labute approximate surface area is 146 Å². The molecule has 0 fully saturated rings. The van der Waals surface area contributed by atoms with E-state index in [1.807, 2.05) is 19.9 Å². The number of nitrogens with zero attached hydrogens (tertiary/aromatic N) is 1. The number of carbonyl (C=O) groups is 1. The number of carbonyl (C=O) groups excluding carboxylic acids is 1. The van der Waals surface area contributed by atoms with Gasteiger partial charge in [-0.25, -0.2) is 0 Å². The zero-order chi connectivity index (χ0) is 17.6. The van der Waals surface area contributed by atoms with Crippen molar-refractivity contribution in [1.29, 1.82) is 5.26 Å². The average Bonchev–Trinajstić information content (AvgIpc) is 2.47. The van der Waals surface area contributed by atoms with Gasteiger partial charge in [-0.2, -0.15) is 5.26 Å². The Hall–Kier alpha value is -1.80. The number of ether oxygens (including phenoxy) is 2. The van der Waals surface area contributed by atoms with Gasteiger partial charge in [-0.1, -0.05) is 20.8 Å². The average molecular weight is 380 g/mol. The van der Waals surface area contributed by atoms with Crippen LogP contribution in [0.1, 0.15) is 40.2 Å². The normalized spacial score (nSPS) is 11.8. The largest absolute Gasteiger partial charge is 0.490 e. The van der Waals surface area contributed by atoms with E-state index in [-0.39, 0.29) is 11.4 Å². The first-order valence-corrected chi connectivity index (χ1v) is 8.29. The topological polar surface area (TPSA) is 59.3 Å². The Balaban J connectivity index is 3.35. The van der Waals surface area contributed by atoms with Gasteiger partial charge >= 0.3 is 0 Å². The summed E-state index contributed by atoms with van der Waals surface area (Å²) >= 11 is 3.46. The minimum Gasteiger partial charge on any atom is -0.490 e. The molecule has 0 aromatic heterocycles. The molecular formula is C18H22BrNO3. The summed E-state index contributed by atoms with van der Waals surface area (Å²) in [6.07, 6.45) is 1.58. The van der Waals surface area contributed by atoms with Crippen LogP contribution in [0.2, 0.25) is 0 Å². The summed E-state index contributed by atoms with van der Waals surface area (Å²) in [5, 5.41) is 9.30. The molecule has 0 N–H and O–H groups in total. The van der Waals surface area contributed by atoms with Gasteiger partial charge < -0.3 is 9.47 Å². The van der Waals surface area contributed by atoms with E-state index in [2.05, 4.69) is 15.9 Å². The van der Waals surface area contributed by atoms with Crippen LogP contribution in [-0.4, -0.2) is 19.0 Å². The second-order valence-corrected chi connectivity index (χ2v) is 6.80. The Bertz CT molecular complexity index is 651. The minimum absolute atomic E-state index is 0.121. The monoisotopic (exact) mass is 379 g/mol. The summed E-state index contributed by atoms with van der Waals surface area (Å²) in [5.41, 5.74) is 0.223. The second-order valence-electron chi connectivity index (χ2n) is 5.94. The summed E-state index contributed by atoms with van der Waals surface area (Å²) in [4.78, 5) is 12.3. The third-order valence-corrected chi connectivity index (χ3v) is 3.57. The van der Waals surface area contributed by atoms with Gasteiger partial charge in [0.2, 0.25) is 0 Å². The molecule has 1 rings (SSSR count). The van der Waals surface area contributed by atoms with E-state index >= 15 is 0 Å². The van der Waals surface area contributed by atoms with Gasteiger partial charge in [0, 0.05) is 5.41 Å². The van der Waals surface area contributed by atoms with Crippen molar-refractivity contribution in [1.82, 2.24) is 0 Å². The maximum absolute atomic E-state index is 12.3. The Morgan fingerprint density at radius 3 is 2.35 bits per heavy atom. The van der Waals surface area contributed by atoms with Crippen molar-refractivity contribution in [3.63, 3.8) is 0 Å². The molecule has 0 amide bonds. The molecule has 0 saturated carbocycles. The Kier molecular flexibility index (Phi) is 6.83. The fourth-order valence-electron chi connectivity index (χ4n) is 1.94. The third-order valence-electron chi connectivity index (χ3n) is 2.98. The quantitative estimate of drug-likeness (QED) is 0.527. The maximum Gasteiger partial charge on any atom is 0.178 e. The lowest BCUT2D eigenvalue weighted by Crippen LogP contribution is -2.21. The molecule has 124 valence electrons. The molecule has 1 aromatic rings. The van der Waals surface area contributed by atoms with Crippen molar-refractivity contribution in [2.75, 3.05) is 13.2 Å². The second kappa shape index (κ2) is 8.16. The van der Waals surface area contributed by atoms with Crippen LogP contribution >= 0.6 is 15.9 Å². The van der Waals surface area contributed by atoms with Gasteiger partial charge in [0.05, 0.1) is 23.3 Å². The van der Waals surface area contributed by atoms with Crippen LogP contribution in [-0.2, 0) is 4.79 Å². The number of hydrogen-bond acceptors (Lipinski definition) is 4. The predicted octanol–water partition coefficient (Wildman–Crippen LogP) is 4.77. The highest BCUT2D eigenvalue weighted by Gasteiger charge is 2.25. The smallest absolute Gasteiger partial charge is 0.178 e. The Morgan fingerprint density at radius 1 is 1.26 bits per heavy atom. The molecule has 0 radical (unpaired) electrons. The van der Waals surface area contributed by atoms with Crippen molar-refractivity contribution in [2.45, 2.75) is 34.6 Å². The van der Waals surface area contributed by atoms with E-state index < -0.39 is 5.41 Å². The van der Waals surface area contributed by atoms with Crippen LogP contribution in [0, 0.1) is 16.7 Å². The van der Waals surface area contributed by atoms with Crippen LogP contribution in [0.25, 0.3) is 6.08 Å². The van der Waals surface area contributed by atoms with Crippen LogP contribution in [0.3, 0.4) is 0 Å². The predicted molar refractivity (Wildman–Crippen MR) is 94.5 cm³/mol. The van der Waals surface area contributed by atoms with E-state index in [9.17, 15) is 10.1 Å². The summed E-state index contributed by atoms with van der Waals surface area (Å²) in [6.45, 7) is 10.2. The van der Waals surface area contributed by atoms with Crippen LogP contribution in [0.4, 0.5) is 0 Å². The molecule has 0 heterocycles. The fraction of sp³-hybridized carbons (Fsp3) is 0.444. The number of halogens is 1. The number of ketones is 1. The molecule has 0 saturated heterocycles. The van der Waals surface area contributed by atoms with Crippen molar-refractivity contribution in [3.8, 4) is 17.6 Å².